The first-order valence-electron chi connectivity index (χ1n) is 4.33. The number of thioether (sulfide) groups is 1. The number of hydrogen-bond acceptors (Lipinski definition) is 3. The fourth-order valence-electron chi connectivity index (χ4n) is 1.20. The van der Waals surface area contributed by atoms with E-state index in [0.29, 0.717) is 11.8 Å². The Morgan fingerprint density at radius 2 is 2.00 bits per heavy atom. The number of hydrogen-bond donors (Lipinski definition) is 1. The van der Waals surface area contributed by atoms with Crippen molar-refractivity contribution in [3.63, 3.8) is 0 Å². The van der Waals surface area contributed by atoms with E-state index in [1.165, 1.54) is 0 Å². The van der Waals surface area contributed by atoms with E-state index in [1.807, 2.05) is 0 Å². The molecular weight excluding hydrogens is 239 g/mol. The second-order valence-electron chi connectivity index (χ2n) is 3.09. The van der Waals surface area contributed by atoms with Crippen LogP contribution in [0, 0.1) is 0 Å². The molecule has 0 unspecified atom stereocenters. The molecule has 1 aliphatic heterocycles. The Labute approximate surface area is 93.5 Å². The summed E-state index contributed by atoms with van der Waals surface area (Å²) >= 11 is 1.11. The Hall–Kier alpha value is -1.43. The standard InChI is InChI=1S/C10H6F3NOS/c11-10(12,13)8(15)5-9-14-6-3-1-2-4-7(6)16-9/h1-5,14H/b9-5+. The molecule has 1 aromatic carbocycles. The smallest absolute Gasteiger partial charge is 0.349 e. The van der Waals surface area contributed by atoms with Gasteiger partial charge in [0.25, 0.3) is 5.78 Å². The summed E-state index contributed by atoms with van der Waals surface area (Å²) in [6.45, 7) is 0. The maximum Gasteiger partial charge on any atom is 0.454 e. The highest BCUT2D eigenvalue weighted by atomic mass is 32.2. The summed E-state index contributed by atoms with van der Waals surface area (Å²) in [7, 11) is 0. The maximum atomic E-state index is 12.0. The van der Waals surface area contributed by atoms with Crippen molar-refractivity contribution >= 4 is 23.2 Å². The zero-order valence-corrected chi connectivity index (χ0v) is 8.65. The van der Waals surface area contributed by atoms with Crippen molar-refractivity contribution in [2.24, 2.45) is 0 Å². The van der Waals surface area contributed by atoms with Crippen LogP contribution in [0.2, 0.25) is 0 Å². The third-order valence-corrected chi connectivity index (χ3v) is 2.92. The Morgan fingerprint density at radius 3 is 2.62 bits per heavy atom. The Bertz CT molecular complexity index is 440. The maximum absolute atomic E-state index is 12.0. The fraction of sp³-hybridized carbons (Fsp3) is 0.100. The molecular formula is C10H6F3NOS. The molecule has 16 heavy (non-hydrogen) atoms. The van der Waals surface area contributed by atoms with E-state index in [2.05, 4.69) is 5.32 Å². The number of fused-ring (bicyclic) bond motifs is 1. The molecule has 2 nitrogen and oxygen atoms in total. The average molecular weight is 245 g/mol. The minimum Gasteiger partial charge on any atom is -0.349 e. The highest BCUT2D eigenvalue weighted by molar-refractivity contribution is 8.03. The number of carbonyl (C=O) groups excluding carboxylic acids is 1. The first kappa shape index (κ1) is 11.1. The van der Waals surface area contributed by atoms with E-state index in [0.717, 1.165) is 16.7 Å². The van der Waals surface area contributed by atoms with Gasteiger partial charge in [-0.25, -0.2) is 0 Å². The van der Waals surface area contributed by atoms with Crippen LogP contribution >= 0.6 is 11.8 Å². The zero-order valence-electron chi connectivity index (χ0n) is 7.84. The molecule has 0 fully saturated rings. The van der Waals surface area contributed by atoms with E-state index >= 15 is 0 Å². The summed E-state index contributed by atoms with van der Waals surface area (Å²) in [5.41, 5.74) is 0.716. The summed E-state index contributed by atoms with van der Waals surface area (Å²) in [5, 5.41) is 2.94. The minimum absolute atomic E-state index is 0.198. The molecule has 6 heteroatoms. The molecule has 0 radical (unpaired) electrons. The van der Waals surface area contributed by atoms with Crippen molar-refractivity contribution in [1.82, 2.24) is 0 Å². The van der Waals surface area contributed by atoms with Gasteiger partial charge in [0.05, 0.1) is 10.7 Å². The Kier molecular flexibility index (Phi) is 2.67. The van der Waals surface area contributed by atoms with Gasteiger partial charge in [0.15, 0.2) is 0 Å². The van der Waals surface area contributed by atoms with Crippen molar-refractivity contribution < 1.29 is 18.0 Å². The largest absolute Gasteiger partial charge is 0.454 e. The highest BCUT2D eigenvalue weighted by Crippen LogP contribution is 2.40. The quantitative estimate of drug-likeness (QED) is 0.770. The van der Waals surface area contributed by atoms with Gasteiger partial charge in [-0.05, 0) is 12.1 Å². The van der Waals surface area contributed by atoms with E-state index in [1.54, 1.807) is 24.3 Å². The van der Waals surface area contributed by atoms with Crippen LogP contribution in [-0.4, -0.2) is 12.0 Å². The van der Waals surface area contributed by atoms with Gasteiger partial charge < -0.3 is 5.32 Å². The predicted octanol–water partition coefficient (Wildman–Crippen LogP) is 3.18. The van der Waals surface area contributed by atoms with Gasteiger partial charge in [-0.2, -0.15) is 13.2 Å². The molecule has 0 bridgehead atoms. The topological polar surface area (TPSA) is 29.1 Å². The molecule has 1 N–H and O–H groups in total. The average Bonchev–Trinajstić information content (AvgIpc) is 2.58. The first-order valence-corrected chi connectivity index (χ1v) is 5.15. The first-order chi connectivity index (χ1) is 7.47. The zero-order chi connectivity index (χ0) is 11.8. The summed E-state index contributed by atoms with van der Waals surface area (Å²) in [4.78, 5) is 11.5. The molecule has 1 aromatic rings. The lowest BCUT2D eigenvalue weighted by molar-refractivity contribution is -0.165. The van der Waals surface area contributed by atoms with Gasteiger partial charge in [-0.3, -0.25) is 4.79 Å². The normalized spacial score (nSPS) is 17.1. The summed E-state index contributed by atoms with van der Waals surface area (Å²) in [6, 6.07) is 7.05. The lowest BCUT2D eigenvalue weighted by Crippen LogP contribution is -2.20. The number of nitrogens with one attached hydrogen (secondary N) is 1. The van der Waals surface area contributed by atoms with Crippen LogP contribution in [-0.2, 0) is 4.79 Å². The number of alkyl halides is 3. The molecule has 0 aliphatic carbocycles. The summed E-state index contributed by atoms with van der Waals surface area (Å²) < 4.78 is 36.0. The molecule has 0 saturated heterocycles. The molecule has 1 aliphatic rings. The third kappa shape index (κ3) is 2.21. The number of ketones is 1. The van der Waals surface area contributed by atoms with Crippen molar-refractivity contribution in [2.45, 2.75) is 11.1 Å². The lowest BCUT2D eigenvalue weighted by atomic mass is 10.3. The van der Waals surface area contributed by atoms with E-state index < -0.39 is 12.0 Å². The van der Waals surface area contributed by atoms with Crippen LogP contribution in [0.25, 0.3) is 0 Å². The summed E-state index contributed by atoms with van der Waals surface area (Å²) in [5.74, 6) is -1.85. The second kappa shape index (κ2) is 3.86. The SMILES string of the molecule is O=C(/C=C1\Nc2ccccc2S1)C(F)(F)F. The molecule has 0 amide bonds. The number of halogens is 3. The van der Waals surface area contributed by atoms with Crippen LogP contribution < -0.4 is 5.32 Å². The molecule has 0 atom stereocenters. The fourth-order valence-corrected chi connectivity index (χ4v) is 2.14. The predicted molar refractivity (Wildman–Crippen MR) is 55.1 cm³/mol. The van der Waals surface area contributed by atoms with Gasteiger partial charge in [0.1, 0.15) is 0 Å². The molecule has 0 saturated carbocycles. The van der Waals surface area contributed by atoms with Crippen LogP contribution in [0.5, 0.6) is 0 Å². The number of carbonyl (C=O) groups is 1. The van der Waals surface area contributed by atoms with Gasteiger partial charge in [0.2, 0.25) is 0 Å². The highest BCUT2D eigenvalue weighted by Gasteiger charge is 2.37. The van der Waals surface area contributed by atoms with Crippen LogP contribution in [0.3, 0.4) is 0 Å². The van der Waals surface area contributed by atoms with E-state index in [4.69, 9.17) is 0 Å². The number of para-hydroxylation sites is 1. The van der Waals surface area contributed by atoms with E-state index in [9.17, 15) is 18.0 Å². The van der Waals surface area contributed by atoms with Crippen molar-refractivity contribution in [2.75, 3.05) is 5.32 Å². The van der Waals surface area contributed by atoms with Gasteiger partial charge in [-0.1, -0.05) is 23.9 Å². The number of allylic oxidation sites excluding steroid dienone is 1. The van der Waals surface area contributed by atoms with Crippen molar-refractivity contribution in [3.05, 3.63) is 35.4 Å². The molecule has 2 rings (SSSR count). The lowest BCUT2D eigenvalue weighted by Gasteiger charge is -2.01. The van der Waals surface area contributed by atoms with Gasteiger partial charge in [-0.15, -0.1) is 0 Å². The molecule has 1 heterocycles. The second-order valence-corrected chi connectivity index (χ2v) is 4.18. The van der Waals surface area contributed by atoms with Crippen LogP contribution in [0.15, 0.2) is 40.3 Å². The van der Waals surface area contributed by atoms with Gasteiger partial charge >= 0.3 is 6.18 Å². The number of rotatable bonds is 1. The van der Waals surface area contributed by atoms with Crippen molar-refractivity contribution in [1.29, 1.82) is 0 Å². The Balaban J connectivity index is 2.18. The number of anilines is 1. The Morgan fingerprint density at radius 1 is 1.31 bits per heavy atom. The molecule has 84 valence electrons. The monoisotopic (exact) mass is 245 g/mol. The van der Waals surface area contributed by atoms with Crippen LogP contribution in [0.1, 0.15) is 0 Å². The molecule has 0 aromatic heterocycles. The number of benzene rings is 1. The van der Waals surface area contributed by atoms with E-state index in [-0.39, 0.29) is 5.03 Å². The third-order valence-electron chi connectivity index (χ3n) is 1.91. The summed E-state index contributed by atoms with van der Waals surface area (Å²) in [6.07, 6.45) is -4.24. The van der Waals surface area contributed by atoms with Gasteiger partial charge in [0, 0.05) is 11.0 Å². The molecule has 0 spiro atoms. The van der Waals surface area contributed by atoms with Crippen molar-refractivity contribution in [3.8, 4) is 0 Å². The minimum atomic E-state index is -4.82. The van der Waals surface area contributed by atoms with Crippen LogP contribution in [0.4, 0.5) is 18.9 Å².